The zero-order valence-corrected chi connectivity index (χ0v) is 12.9. The van der Waals surface area contributed by atoms with Gasteiger partial charge in [0.1, 0.15) is 0 Å². The van der Waals surface area contributed by atoms with Gasteiger partial charge in [0.2, 0.25) is 0 Å². The van der Waals surface area contributed by atoms with Crippen molar-refractivity contribution in [2.75, 3.05) is 20.1 Å². The maximum atomic E-state index is 6.19. The van der Waals surface area contributed by atoms with Gasteiger partial charge in [-0.2, -0.15) is 5.10 Å². The van der Waals surface area contributed by atoms with Crippen LogP contribution in [0.15, 0.2) is 23.3 Å². The van der Waals surface area contributed by atoms with Crippen LogP contribution in [0.2, 0.25) is 10.0 Å². The average molecular weight is 310 g/mol. The summed E-state index contributed by atoms with van der Waals surface area (Å²) < 4.78 is 0. The summed E-state index contributed by atoms with van der Waals surface area (Å²) in [6.07, 6.45) is 2.52. The van der Waals surface area contributed by atoms with E-state index in [2.05, 4.69) is 23.0 Å². The summed E-state index contributed by atoms with van der Waals surface area (Å²) in [6.45, 7) is 2.39. The van der Waals surface area contributed by atoms with Gasteiger partial charge < -0.3 is 0 Å². The van der Waals surface area contributed by atoms with Gasteiger partial charge in [0.15, 0.2) is 0 Å². The lowest BCUT2D eigenvalue weighted by atomic mass is 9.78. The van der Waals surface area contributed by atoms with E-state index in [1.165, 1.54) is 37.2 Å². The molecular weight excluding hydrogens is 293 g/mol. The standard InChI is InChI=1S/C15H17Cl2N3/c1-19-14(10-2-3-11(16)12(17)8-10)15-13(18-19)9-4-6-20(15)7-5-9/h2-3,8-9,14-15H,4-7H2,1H3/t14-,15+/m1/s1. The van der Waals surface area contributed by atoms with E-state index in [4.69, 9.17) is 28.3 Å². The van der Waals surface area contributed by atoms with Crippen LogP contribution in [0.1, 0.15) is 24.4 Å². The Kier molecular flexibility index (Phi) is 2.99. The third kappa shape index (κ3) is 1.80. The minimum absolute atomic E-state index is 0.267. The van der Waals surface area contributed by atoms with Crippen molar-refractivity contribution >= 4 is 28.9 Å². The second-order valence-corrected chi connectivity index (χ2v) is 6.79. The van der Waals surface area contributed by atoms with Gasteiger partial charge in [0, 0.05) is 13.0 Å². The van der Waals surface area contributed by atoms with Gasteiger partial charge in [-0.3, -0.25) is 9.91 Å². The molecule has 0 aliphatic carbocycles. The van der Waals surface area contributed by atoms with Gasteiger partial charge in [-0.25, -0.2) is 0 Å². The van der Waals surface area contributed by atoms with E-state index in [1.807, 2.05) is 12.1 Å². The van der Waals surface area contributed by atoms with Crippen LogP contribution in [0.4, 0.5) is 0 Å². The van der Waals surface area contributed by atoms with Crippen LogP contribution in [0, 0.1) is 5.92 Å². The van der Waals surface area contributed by atoms with Gasteiger partial charge >= 0.3 is 0 Å². The summed E-state index contributed by atoms with van der Waals surface area (Å²) >= 11 is 12.2. The number of benzene rings is 1. The molecule has 5 rings (SSSR count). The van der Waals surface area contributed by atoms with E-state index >= 15 is 0 Å². The molecule has 3 saturated heterocycles. The highest BCUT2D eigenvalue weighted by molar-refractivity contribution is 6.42. The van der Waals surface area contributed by atoms with Gasteiger partial charge in [-0.05, 0) is 43.6 Å². The Hall–Kier alpha value is -0.770. The smallest absolute Gasteiger partial charge is 0.0926 e. The van der Waals surface area contributed by atoms with Gasteiger partial charge in [-0.15, -0.1) is 0 Å². The van der Waals surface area contributed by atoms with Crippen molar-refractivity contribution in [3.8, 4) is 0 Å². The molecule has 4 aliphatic rings. The van der Waals surface area contributed by atoms with E-state index in [0.717, 1.165) is 0 Å². The number of hydrogen-bond acceptors (Lipinski definition) is 3. The lowest BCUT2D eigenvalue weighted by Crippen LogP contribution is -2.56. The minimum Gasteiger partial charge on any atom is -0.293 e. The van der Waals surface area contributed by atoms with Crippen LogP contribution in [0.3, 0.4) is 0 Å². The van der Waals surface area contributed by atoms with Crippen molar-refractivity contribution in [1.82, 2.24) is 9.91 Å². The first-order valence-corrected chi connectivity index (χ1v) is 7.91. The van der Waals surface area contributed by atoms with E-state index in [-0.39, 0.29) is 6.04 Å². The molecule has 3 nitrogen and oxygen atoms in total. The summed E-state index contributed by atoms with van der Waals surface area (Å²) in [4.78, 5) is 2.58. The Morgan fingerprint density at radius 2 is 1.85 bits per heavy atom. The zero-order chi connectivity index (χ0) is 13.9. The molecule has 5 heteroatoms. The molecule has 0 unspecified atom stereocenters. The molecule has 0 radical (unpaired) electrons. The monoisotopic (exact) mass is 309 g/mol. The van der Waals surface area contributed by atoms with Crippen LogP contribution < -0.4 is 0 Å². The molecule has 0 spiro atoms. The van der Waals surface area contributed by atoms with Crippen LogP contribution in [0.25, 0.3) is 0 Å². The Balaban J connectivity index is 1.74. The molecule has 0 amide bonds. The molecule has 4 aliphatic heterocycles. The van der Waals surface area contributed by atoms with Crippen LogP contribution >= 0.6 is 23.2 Å². The van der Waals surface area contributed by atoms with Crippen LogP contribution in [-0.2, 0) is 0 Å². The lowest BCUT2D eigenvalue weighted by molar-refractivity contribution is 0.107. The van der Waals surface area contributed by atoms with E-state index in [1.54, 1.807) is 0 Å². The predicted molar refractivity (Wildman–Crippen MR) is 82.5 cm³/mol. The fourth-order valence-electron chi connectivity index (χ4n) is 3.95. The molecule has 0 saturated carbocycles. The number of halogens is 2. The fraction of sp³-hybridized carbons (Fsp3) is 0.533. The zero-order valence-electron chi connectivity index (χ0n) is 11.4. The highest BCUT2D eigenvalue weighted by Gasteiger charge is 2.48. The summed E-state index contributed by atoms with van der Waals surface area (Å²) in [5.41, 5.74) is 2.58. The quantitative estimate of drug-likeness (QED) is 0.791. The summed E-state index contributed by atoms with van der Waals surface area (Å²) in [7, 11) is 2.07. The van der Waals surface area contributed by atoms with Crippen molar-refractivity contribution < 1.29 is 0 Å². The van der Waals surface area contributed by atoms with Gasteiger partial charge in [-0.1, -0.05) is 29.3 Å². The van der Waals surface area contributed by atoms with Crippen molar-refractivity contribution in [3.63, 3.8) is 0 Å². The van der Waals surface area contributed by atoms with E-state index < -0.39 is 0 Å². The molecule has 2 bridgehead atoms. The molecular formula is C15H17Cl2N3. The highest BCUT2D eigenvalue weighted by Crippen LogP contribution is 2.43. The van der Waals surface area contributed by atoms with Gasteiger partial charge in [0.25, 0.3) is 0 Å². The molecule has 2 atom stereocenters. The number of rotatable bonds is 1. The van der Waals surface area contributed by atoms with Gasteiger partial charge in [0.05, 0.1) is 27.8 Å². The minimum atomic E-state index is 0.267. The largest absolute Gasteiger partial charge is 0.293 e. The first kappa shape index (κ1) is 12.9. The van der Waals surface area contributed by atoms with E-state index in [0.29, 0.717) is 22.0 Å². The molecule has 3 fully saturated rings. The highest BCUT2D eigenvalue weighted by atomic mass is 35.5. The summed E-state index contributed by atoms with van der Waals surface area (Å²) in [6, 6.07) is 6.65. The number of hydrazone groups is 1. The first-order valence-electron chi connectivity index (χ1n) is 7.15. The van der Waals surface area contributed by atoms with Crippen LogP contribution in [0.5, 0.6) is 0 Å². The van der Waals surface area contributed by atoms with Crippen molar-refractivity contribution in [1.29, 1.82) is 0 Å². The molecule has 20 heavy (non-hydrogen) atoms. The van der Waals surface area contributed by atoms with Crippen LogP contribution in [-0.4, -0.2) is 41.8 Å². The Morgan fingerprint density at radius 1 is 1.10 bits per heavy atom. The third-order valence-electron chi connectivity index (χ3n) is 4.90. The maximum absolute atomic E-state index is 6.19. The molecule has 106 valence electrons. The first-order chi connectivity index (χ1) is 9.65. The Morgan fingerprint density at radius 3 is 2.55 bits per heavy atom. The number of nitrogens with zero attached hydrogens (tertiary/aromatic N) is 3. The number of fused-ring (bicyclic) bond motifs is 2. The Labute approximate surface area is 129 Å². The summed E-state index contributed by atoms with van der Waals surface area (Å²) in [5.74, 6) is 0.681. The SMILES string of the molecule is CN1N=C2C3CCN(CC3)[C@@H]2[C@H]1c1ccc(Cl)c(Cl)c1. The number of piperidine rings is 3. The molecule has 0 N–H and O–H groups in total. The molecule has 4 heterocycles. The number of hydrogen-bond donors (Lipinski definition) is 0. The summed E-state index contributed by atoms with van der Waals surface area (Å²) in [5, 5.41) is 8.18. The average Bonchev–Trinajstić information content (AvgIpc) is 2.82. The fourth-order valence-corrected chi connectivity index (χ4v) is 4.25. The van der Waals surface area contributed by atoms with E-state index in [9.17, 15) is 0 Å². The normalized spacial score (nSPS) is 35.1. The lowest BCUT2D eigenvalue weighted by Gasteiger charge is -2.46. The van der Waals surface area contributed by atoms with Crippen molar-refractivity contribution in [2.24, 2.45) is 11.0 Å². The topological polar surface area (TPSA) is 18.8 Å². The van der Waals surface area contributed by atoms with Crippen molar-refractivity contribution in [3.05, 3.63) is 33.8 Å². The molecule has 0 aromatic heterocycles. The third-order valence-corrected chi connectivity index (χ3v) is 5.64. The van der Waals surface area contributed by atoms with Crippen molar-refractivity contribution in [2.45, 2.75) is 24.9 Å². The second-order valence-electron chi connectivity index (χ2n) is 5.97. The molecule has 1 aromatic rings. The molecule has 1 aromatic carbocycles. The number of likely N-dealkylation sites (N-methyl/N-ethyl adjacent to an activating group) is 1. The predicted octanol–water partition coefficient (Wildman–Crippen LogP) is 3.43. The Bertz CT molecular complexity index is 578. The second kappa shape index (κ2) is 4.62. The maximum Gasteiger partial charge on any atom is 0.0926 e.